The number of anilines is 1. The van der Waals surface area contributed by atoms with Gasteiger partial charge in [-0.3, -0.25) is 5.43 Å². The summed E-state index contributed by atoms with van der Waals surface area (Å²) in [6, 6.07) is 8.13. The monoisotopic (exact) mass is 188 g/mol. The van der Waals surface area contributed by atoms with E-state index in [2.05, 4.69) is 42.6 Å². The molecule has 2 heteroatoms. The van der Waals surface area contributed by atoms with Gasteiger partial charge in [-0.25, -0.2) is 0 Å². The lowest BCUT2D eigenvalue weighted by atomic mass is 10.2. The highest BCUT2D eigenvalue weighted by molar-refractivity contribution is 5.71. The van der Waals surface area contributed by atoms with E-state index in [1.165, 1.54) is 5.56 Å². The number of hydrogen-bond acceptors (Lipinski definition) is 2. The van der Waals surface area contributed by atoms with E-state index in [0.717, 1.165) is 12.1 Å². The van der Waals surface area contributed by atoms with Crippen molar-refractivity contribution in [1.29, 1.82) is 0 Å². The maximum Gasteiger partial charge on any atom is 0.0561 e. The molecule has 0 aliphatic carbocycles. The Balaban J connectivity index is 2.41. The minimum absolute atomic E-state index is 1.01. The van der Waals surface area contributed by atoms with Gasteiger partial charge in [0.2, 0.25) is 0 Å². The van der Waals surface area contributed by atoms with E-state index in [0.29, 0.717) is 0 Å². The number of benzene rings is 1. The summed E-state index contributed by atoms with van der Waals surface area (Å²) in [5, 5.41) is 4.05. The van der Waals surface area contributed by atoms with E-state index >= 15 is 0 Å². The fourth-order valence-electron chi connectivity index (χ4n) is 0.980. The van der Waals surface area contributed by atoms with Crippen LogP contribution in [0.2, 0.25) is 0 Å². The number of allylic oxidation sites excluding steroid dienone is 2. The first-order chi connectivity index (χ1) is 6.83. The summed E-state index contributed by atoms with van der Waals surface area (Å²) in [5.74, 6) is 0. The molecule has 14 heavy (non-hydrogen) atoms. The Bertz CT molecular complexity index is 310. The van der Waals surface area contributed by atoms with Crippen LogP contribution in [0.25, 0.3) is 0 Å². The van der Waals surface area contributed by atoms with Crippen LogP contribution in [0.1, 0.15) is 18.9 Å². The van der Waals surface area contributed by atoms with Crippen LogP contribution in [-0.2, 0) is 0 Å². The molecule has 1 rings (SSSR count). The molecule has 0 spiro atoms. The van der Waals surface area contributed by atoms with E-state index in [1.54, 1.807) is 6.21 Å². The van der Waals surface area contributed by atoms with E-state index in [4.69, 9.17) is 0 Å². The summed E-state index contributed by atoms with van der Waals surface area (Å²) in [5.41, 5.74) is 5.21. The average molecular weight is 188 g/mol. The lowest BCUT2D eigenvalue weighted by molar-refractivity contribution is 1.23. The molecular formula is C12H16N2. The molecule has 0 atom stereocenters. The first-order valence-corrected chi connectivity index (χ1v) is 4.84. The Kier molecular flexibility index (Phi) is 4.48. The summed E-state index contributed by atoms with van der Waals surface area (Å²) in [6.07, 6.45) is 6.78. The van der Waals surface area contributed by atoms with Crippen LogP contribution in [0, 0.1) is 6.92 Å². The van der Waals surface area contributed by atoms with Crippen molar-refractivity contribution in [1.82, 2.24) is 0 Å². The van der Waals surface area contributed by atoms with Crippen molar-refractivity contribution in [2.45, 2.75) is 20.3 Å². The molecular weight excluding hydrogens is 172 g/mol. The zero-order valence-corrected chi connectivity index (χ0v) is 8.70. The molecule has 1 aromatic carbocycles. The van der Waals surface area contributed by atoms with Gasteiger partial charge in [0, 0.05) is 6.21 Å². The molecule has 0 amide bonds. The number of rotatable bonds is 4. The van der Waals surface area contributed by atoms with Crippen LogP contribution in [-0.4, -0.2) is 6.21 Å². The average Bonchev–Trinajstić information content (AvgIpc) is 2.21. The molecule has 2 nitrogen and oxygen atoms in total. The van der Waals surface area contributed by atoms with Gasteiger partial charge in [0.1, 0.15) is 0 Å². The van der Waals surface area contributed by atoms with Crippen LogP contribution in [0.3, 0.4) is 0 Å². The fourth-order valence-corrected chi connectivity index (χ4v) is 0.980. The largest absolute Gasteiger partial charge is 0.279 e. The third-order valence-electron chi connectivity index (χ3n) is 1.78. The van der Waals surface area contributed by atoms with E-state index in [9.17, 15) is 0 Å². The normalized spacial score (nSPS) is 11.3. The second-order valence-electron chi connectivity index (χ2n) is 3.09. The van der Waals surface area contributed by atoms with Crippen molar-refractivity contribution >= 4 is 11.9 Å². The number of hydrazone groups is 1. The molecule has 0 fully saturated rings. The Morgan fingerprint density at radius 3 is 2.64 bits per heavy atom. The number of nitrogens with one attached hydrogen (secondary N) is 1. The first kappa shape index (κ1) is 10.5. The lowest BCUT2D eigenvalue weighted by Crippen LogP contribution is -1.87. The fraction of sp³-hybridized carbons (Fsp3) is 0.250. The summed E-state index contributed by atoms with van der Waals surface area (Å²) < 4.78 is 0. The SMILES string of the molecule is CC/C=C\C=N/Nc1ccc(C)cc1. The van der Waals surface area contributed by atoms with Crippen LogP contribution in [0.15, 0.2) is 41.5 Å². The van der Waals surface area contributed by atoms with Crippen molar-refractivity contribution < 1.29 is 0 Å². The highest BCUT2D eigenvalue weighted by Gasteiger charge is 1.86. The zero-order valence-electron chi connectivity index (χ0n) is 8.70. The van der Waals surface area contributed by atoms with Gasteiger partial charge in [0.25, 0.3) is 0 Å². The summed E-state index contributed by atoms with van der Waals surface area (Å²) >= 11 is 0. The zero-order chi connectivity index (χ0) is 10.2. The maximum absolute atomic E-state index is 4.05. The Morgan fingerprint density at radius 2 is 2.00 bits per heavy atom. The topological polar surface area (TPSA) is 24.4 Å². The predicted octanol–water partition coefficient (Wildman–Crippen LogP) is 3.36. The van der Waals surface area contributed by atoms with Gasteiger partial charge in [-0.05, 0) is 31.6 Å². The first-order valence-electron chi connectivity index (χ1n) is 4.84. The van der Waals surface area contributed by atoms with Gasteiger partial charge >= 0.3 is 0 Å². The summed E-state index contributed by atoms with van der Waals surface area (Å²) in [4.78, 5) is 0. The molecule has 0 bridgehead atoms. The van der Waals surface area contributed by atoms with E-state index < -0.39 is 0 Å². The van der Waals surface area contributed by atoms with Gasteiger partial charge in [0.05, 0.1) is 5.69 Å². The third-order valence-corrected chi connectivity index (χ3v) is 1.78. The van der Waals surface area contributed by atoms with Gasteiger partial charge < -0.3 is 0 Å². The molecule has 1 aromatic rings. The lowest BCUT2D eigenvalue weighted by Gasteiger charge is -1.98. The van der Waals surface area contributed by atoms with Crippen LogP contribution < -0.4 is 5.43 Å². The molecule has 0 saturated carbocycles. The quantitative estimate of drug-likeness (QED) is 0.568. The number of nitrogens with zero attached hydrogens (tertiary/aromatic N) is 1. The van der Waals surface area contributed by atoms with Gasteiger partial charge in [0.15, 0.2) is 0 Å². The standard InChI is InChI=1S/C12H16N2/c1-3-4-5-10-13-14-12-8-6-11(2)7-9-12/h4-10,14H,3H2,1-2H3/b5-4-,13-10-. The third kappa shape index (κ3) is 3.90. The minimum atomic E-state index is 1.01. The molecule has 0 heterocycles. The molecule has 0 aliphatic heterocycles. The van der Waals surface area contributed by atoms with Gasteiger partial charge in [-0.1, -0.05) is 30.7 Å². The molecule has 0 unspecified atom stereocenters. The molecule has 74 valence electrons. The predicted molar refractivity (Wildman–Crippen MR) is 62.7 cm³/mol. The summed E-state index contributed by atoms with van der Waals surface area (Å²) in [7, 11) is 0. The Hall–Kier alpha value is -1.57. The highest BCUT2D eigenvalue weighted by atomic mass is 15.3. The van der Waals surface area contributed by atoms with Crippen molar-refractivity contribution in [2.75, 3.05) is 5.43 Å². The van der Waals surface area contributed by atoms with Crippen LogP contribution in [0.5, 0.6) is 0 Å². The van der Waals surface area contributed by atoms with Crippen molar-refractivity contribution in [3.05, 3.63) is 42.0 Å². The van der Waals surface area contributed by atoms with Crippen molar-refractivity contribution in [2.24, 2.45) is 5.10 Å². The second-order valence-corrected chi connectivity index (χ2v) is 3.09. The summed E-state index contributed by atoms with van der Waals surface area (Å²) in [6.45, 7) is 4.16. The minimum Gasteiger partial charge on any atom is -0.279 e. The van der Waals surface area contributed by atoms with Gasteiger partial charge in [-0.2, -0.15) is 5.10 Å². The number of aryl methyl sites for hydroxylation is 1. The Labute approximate surface area is 85.3 Å². The molecule has 0 aromatic heterocycles. The molecule has 0 radical (unpaired) electrons. The van der Waals surface area contributed by atoms with Crippen molar-refractivity contribution in [3.63, 3.8) is 0 Å². The van der Waals surface area contributed by atoms with E-state index in [1.807, 2.05) is 18.2 Å². The smallest absolute Gasteiger partial charge is 0.0561 e. The molecule has 0 saturated heterocycles. The van der Waals surface area contributed by atoms with Crippen LogP contribution >= 0.6 is 0 Å². The molecule has 0 aliphatic rings. The maximum atomic E-state index is 4.05. The number of hydrogen-bond donors (Lipinski definition) is 1. The van der Waals surface area contributed by atoms with Crippen LogP contribution in [0.4, 0.5) is 5.69 Å². The van der Waals surface area contributed by atoms with Crippen molar-refractivity contribution in [3.8, 4) is 0 Å². The highest BCUT2D eigenvalue weighted by Crippen LogP contribution is 2.07. The van der Waals surface area contributed by atoms with E-state index in [-0.39, 0.29) is 0 Å². The Morgan fingerprint density at radius 1 is 1.29 bits per heavy atom. The molecule has 1 N–H and O–H groups in total. The van der Waals surface area contributed by atoms with Gasteiger partial charge in [-0.15, -0.1) is 0 Å². The second kappa shape index (κ2) is 5.97.